The maximum Gasteiger partial charge on any atom is 0.240 e. The van der Waals surface area contributed by atoms with Crippen LogP contribution in [0.3, 0.4) is 0 Å². The van der Waals surface area contributed by atoms with Gasteiger partial charge in [0.25, 0.3) is 0 Å². The fourth-order valence-corrected chi connectivity index (χ4v) is 4.57. The molecule has 0 fully saturated rings. The van der Waals surface area contributed by atoms with Crippen LogP contribution >= 0.6 is 0 Å². The Kier molecular flexibility index (Phi) is 6.12. The van der Waals surface area contributed by atoms with Gasteiger partial charge in [0.15, 0.2) is 0 Å². The molecule has 0 bridgehead atoms. The van der Waals surface area contributed by atoms with E-state index in [-0.39, 0.29) is 11.4 Å². The van der Waals surface area contributed by atoms with E-state index >= 15 is 0 Å². The van der Waals surface area contributed by atoms with Gasteiger partial charge in [-0.3, -0.25) is 4.90 Å². The van der Waals surface area contributed by atoms with E-state index in [9.17, 15) is 8.42 Å². The molecule has 0 aliphatic carbocycles. The summed E-state index contributed by atoms with van der Waals surface area (Å²) in [5, 5.41) is 8.50. The lowest BCUT2D eigenvalue weighted by Gasteiger charge is -2.19. The molecule has 1 aliphatic rings. The van der Waals surface area contributed by atoms with Gasteiger partial charge in [0.05, 0.1) is 17.7 Å². The number of nitrogens with zero attached hydrogens (tertiary/aromatic N) is 4. The van der Waals surface area contributed by atoms with E-state index in [2.05, 4.69) is 32.8 Å². The first kappa shape index (κ1) is 20.5. The maximum atomic E-state index is 12.5. The van der Waals surface area contributed by atoms with E-state index in [1.54, 1.807) is 36.6 Å². The first-order chi connectivity index (χ1) is 14.5. The van der Waals surface area contributed by atoms with Gasteiger partial charge < -0.3 is 8.98 Å². The van der Waals surface area contributed by atoms with Crippen molar-refractivity contribution in [1.82, 2.24) is 24.4 Å². The molecular formula is C21H25N5O3S. The highest BCUT2D eigenvalue weighted by molar-refractivity contribution is 7.89. The van der Waals surface area contributed by atoms with E-state index in [4.69, 9.17) is 4.42 Å². The summed E-state index contributed by atoms with van der Waals surface area (Å²) in [5.41, 5.74) is 1.22. The Hall–Kier alpha value is -2.75. The Bertz CT molecular complexity index is 1100. The highest BCUT2D eigenvalue weighted by Gasteiger charge is 2.20. The zero-order valence-electron chi connectivity index (χ0n) is 16.9. The molecule has 1 N–H and O–H groups in total. The summed E-state index contributed by atoms with van der Waals surface area (Å²) in [4.78, 5) is 2.60. The van der Waals surface area contributed by atoms with Crippen LogP contribution in [0.25, 0.3) is 6.08 Å². The molecule has 4 rings (SSSR count). The minimum atomic E-state index is -3.58. The summed E-state index contributed by atoms with van der Waals surface area (Å²) < 4.78 is 35.0. The van der Waals surface area contributed by atoms with Crippen LogP contribution in [0.4, 0.5) is 0 Å². The van der Waals surface area contributed by atoms with Gasteiger partial charge in [0.2, 0.25) is 10.0 Å². The largest absolute Gasteiger partial charge is 0.465 e. The van der Waals surface area contributed by atoms with Gasteiger partial charge in [-0.25, -0.2) is 13.1 Å². The number of hydrogen-bond acceptors (Lipinski definition) is 6. The van der Waals surface area contributed by atoms with Crippen LogP contribution in [-0.4, -0.2) is 47.7 Å². The number of rotatable bonds is 7. The third kappa shape index (κ3) is 4.86. The Morgan fingerprint density at radius 1 is 1.13 bits per heavy atom. The molecule has 8 nitrogen and oxygen atoms in total. The lowest BCUT2D eigenvalue weighted by Crippen LogP contribution is -2.29. The number of sulfonamides is 1. The Labute approximate surface area is 176 Å². The van der Waals surface area contributed by atoms with Crippen LogP contribution in [-0.2, 0) is 29.5 Å². The third-order valence-electron chi connectivity index (χ3n) is 5.07. The molecule has 0 amide bonds. The molecule has 1 aromatic carbocycles. The van der Waals surface area contributed by atoms with Crippen molar-refractivity contribution in [3.05, 3.63) is 71.7 Å². The number of furan rings is 1. The standard InChI is InChI=1S/C21H25N5O3S/c1-17(14-18-6-5-13-29-18)16-25-10-9-20-23-24-21(26(20)12-11-25)15-22-30(27,28)19-7-3-2-4-8-19/h2-8,13-14,22H,9-12,15-16H2,1H3/b17-14+. The summed E-state index contributed by atoms with van der Waals surface area (Å²) in [5.74, 6) is 2.38. The predicted octanol–water partition coefficient (Wildman–Crippen LogP) is 2.31. The second-order valence-electron chi connectivity index (χ2n) is 7.35. The molecule has 158 valence electrons. The topological polar surface area (TPSA) is 93.3 Å². The monoisotopic (exact) mass is 427 g/mol. The first-order valence-electron chi connectivity index (χ1n) is 9.90. The Morgan fingerprint density at radius 3 is 2.73 bits per heavy atom. The Balaban J connectivity index is 1.38. The molecule has 0 saturated heterocycles. The molecule has 2 aromatic heterocycles. The van der Waals surface area contributed by atoms with Gasteiger partial charge in [-0.15, -0.1) is 10.2 Å². The van der Waals surface area contributed by atoms with Crippen molar-refractivity contribution in [3.63, 3.8) is 0 Å². The molecular weight excluding hydrogens is 402 g/mol. The molecule has 3 heterocycles. The number of nitrogens with one attached hydrogen (secondary N) is 1. The van der Waals surface area contributed by atoms with Crippen LogP contribution in [0.1, 0.15) is 24.3 Å². The minimum absolute atomic E-state index is 0.113. The average Bonchev–Trinajstić information content (AvgIpc) is 3.34. The molecule has 0 saturated carbocycles. The van der Waals surface area contributed by atoms with Crippen LogP contribution in [0.2, 0.25) is 0 Å². The smallest absolute Gasteiger partial charge is 0.240 e. The second kappa shape index (κ2) is 8.95. The van der Waals surface area contributed by atoms with Gasteiger partial charge >= 0.3 is 0 Å². The molecule has 30 heavy (non-hydrogen) atoms. The van der Waals surface area contributed by atoms with Gasteiger partial charge in [-0.1, -0.05) is 23.8 Å². The lowest BCUT2D eigenvalue weighted by atomic mass is 10.2. The number of aromatic nitrogens is 3. The van der Waals surface area contributed by atoms with E-state index in [1.165, 1.54) is 5.57 Å². The molecule has 0 unspecified atom stereocenters. The minimum Gasteiger partial charge on any atom is -0.465 e. The molecule has 9 heteroatoms. The number of hydrogen-bond donors (Lipinski definition) is 1. The fraction of sp³-hybridized carbons (Fsp3) is 0.333. The molecule has 1 aliphatic heterocycles. The van der Waals surface area contributed by atoms with Crippen molar-refractivity contribution < 1.29 is 12.8 Å². The van der Waals surface area contributed by atoms with Crippen LogP contribution < -0.4 is 4.72 Å². The predicted molar refractivity (Wildman–Crippen MR) is 113 cm³/mol. The normalized spacial score (nSPS) is 15.7. The highest BCUT2D eigenvalue weighted by atomic mass is 32.2. The summed E-state index contributed by atoms with van der Waals surface area (Å²) in [6.07, 6.45) is 4.49. The van der Waals surface area contributed by atoms with E-state index < -0.39 is 10.0 Å². The zero-order chi connectivity index (χ0) is 21.0. The van der Waals surface area contributed by atoms with E-state index in [0.29, 0.717) is 5.82 Å². The molecule has 3 aromatic rings. The SMILES string of the molecule is C/C(=C\c1ccco1)CN1CCc2nnc(CNS(=O)(=O)c3ccccc3)n2CC1. The number of fused-ring (bicyclic) bond motifs is 1. The zero-order valence-corrected chi connectivity index (χ0v) is 17.7. The van der Waals surface area contributed by atoms with Crippen molar-refractivity contribution >= 4 is 16.1 Å². The Morgan fingerprint density at radius 2 is 1.97 bits per heavy atom. The second-order valence-corrected chi connectivity index (χ2v) is 9.12. The van der Waals surface area contributed by atoms with Crippen LogP contribution in [0.15, 0.2) is 63.6 Å². The van der Waals surface area contributed by atoms with Gasteiger partial charge in [-0.05, 0) is 37.3 Å². The summed E-state index contributed by atoms with van der Waals surface area (Å²) in [6.45, 7) is 5.48. The lowest BCUT2D eigenvalue weighted by molar-refractivity contribution is 0.301. The number of benzene rings is 1. The van der Waals surface area contributed by atoms with Crippen molar-refractivity contribution in [2.45, 2.75) is 31.3 Å². The van der Waals surface area contributed by atoms with Crippen molar-refractivity contribution in [1.29, 1.82) is 0 Å². The van der Waals surface area contributed by atoms with Crippen molar-refractivity contribution in [2.75, 3.05) is 19.6 Å². The maximum absolute atomic E-state index is 12.5. The molecule has 0 radical (unpaired) electrons. The summed E-state index contributed by atoms with van der Waals surface area (Å²) >= 11 is 0. The van der Waals surface area contributed by atoms with Gasteiger partial charge in [0.1, 0.15) is 17.4 Å². The fourth-order valence-electron chi connectivity index (χ4n) is 3.57. The average molecular weight is 428 g/mol. The third-order valence-corrected chi connectivity index (χ3v) is 6.49. The first-order valence-corrected chi connectivity index (χ1v) is 11.4. The van der Waals surface area contributed by atoms with Crippen molar-refractivity contribution in [2.24, 2.45) is 0 Å². The van der Waals surface area contributed by atoms with E-state index in [0.717, 1.165) is 44.2 Å². The summed E-state index contributed by atoms with van der Waals surface area (Å²) in [7, 11) is -3.58. The van der Waals surface area contributed by atoms with E-state index in [1.807, 2.05) is 16.7 Å². The van der Waals surface area contributed by atoms with Crippen LogP contribution in [0, 0.1) is 0 Å². The van der Waals surface area contributed by atoms with Gasteiger partial charge in [0, 0.05) is 32.6 Å². The molecule has 0 spiro atoms. The molecule has 0 atom stereocenters. The quantitative estimate of drug-likeness (QED) is 0.622. The van der Waals surface area contributed by atoms with Crippen LogP contribution in [0.5, 0.6) is 0 Å². The highest BCUT2D eigenvalue weighted by Crippen LogP contribution is 2.14. The summed E-state index contributed by atoms with van der Waals surface area (Å²) in [6, 6.07) is 12.2. The van der Waals surface area contributed by atoms with Gasteiger partial charge in [-0.2, -0.15) is 0 Å². The van der Waals surface area contributed by atoms with Crippen molar-refractivity contribution in [3.8, 4) is 0 Å².